The number of carbonyl (C=O) groups excluding carboxylic acids is 1. The van der Waals surface area contributed by atoms with Crippen molar-refractivity contribution in [3.8, 4) is 0 Å². The van der Waals surface area contributed by atoms with Crippen LogP contribution in [0, 0.1) is 0 Å². The monoisotopic (exact) mass is 333 g/mol. The molecule has 1 N–H and O–H groups in total. The van der Waals surface area contributed by atoms with E-state index >= 15 is 0 Å². The molecule has 116 valence electrons. The number of esters is 1. The van der Waals surface area contributed by atoms with Crippen molar-refractivity contribution in [1.82, 2.24) is 4.31 Å². The van der Waals surface area contributed by atoms with Gasteiger partial charge in [0.15, 0.2) is 0 Å². The summed E-state index contributed by atoms with van der Waals surface area (Å²) in [5.74, 6) is -2.31. The van der Waals surface area contributed by atoms with E-state index in [0.29, 0.717) is 12.0 Å². The van der Waals surface area contributed by atoms with Gasteiger partial charge >= 0.3 is 11.9 Å². The lowest BCUT2D eigenvalue weighted by Gasteiger charge is -2.32. The van der Waals surface area contributed by atoms with Gasteiger partial charge in [0.1, 0.15) is 6.04 Å². The normalized spacial score (nSPS) is 19.0. The SMILES string of the molecule is COC(=O)CCS(=O)(=O)N1CCc2sccc2C1C(=O)O. The number of hydrogen-bond acceptors (Lipinski definition) is 6. The van der Waals surface area contributed by atoms with E-state index in [1.165, 1.54) is 18.4 Å². The highest BCUT2D eigenvalue weighted by molar-refractivity contribution is 7.89. The van der Waals surface area contributed by atoms with Crippen LogP contribution < -0.4 is 0 Å². The number of rotatable bonds is 5. The standard InChI is InChI=1S/C12H15NO6S2/c1-19-10(14)4-7-21(17,18)13-5-2-9-8(3-6-20-9)11(13)12(15)16/h3,6,11H,2,4-5,7H2,1H3,(H,15,16). The molecular formula is C12H15NO6S2. The number of aliphatic carboxylic acids is 1. The molecule has 1 aromatic rings. The van der Waals surface area contributed by atoms with Gasteiger partial charge in [0.2, 0.25) is 10.0 Å². The van der Waals surface area contributed by atoms with Crippen molar-refractivity contribution in [2.75, 3.05) is 19.4 Å². The van der Waals surface area contributed by atoms with Gasteiger partial charge in [0.05, 0.1) is 19.3 Å². The number of carbonyl (C=O) groups is 2. The molecule has 1 aliphatic rings. The van der Waals surface area contributed by atoms with E-state index in [1.54, 1.807) is 11.4 Å². The molecule has 0 saturated carbocycles. The highest BCUT2D eigenvalue weighted by Gasteiger charge is 2.40. The van der Waals surface area contributed by atoms with Crippen molar-refractivity contribution in [1.29, 1.82) is 0 Å². The van der Waals surface area contributed by atoms with Crippen molar-refractivity contribution in [3.05, 3.63) is 21.9 Å². The Hall–Kier alpha value is -1.45. The predicted octanol–water partition coefficient (Wildman–Crippen LogP) is 0.625. The van der Waals surface area contributed by atoms with E-state index in [2.05, 4.69) is 4.74 Å². The molecule has 21 heavy (non-hydrogen) atoms. The minimum atomic E-state index is -3.85. The lowest BCUT2D eigenvalue weighted by molar-refractivity contribution is -0.142. The third-order valence-corrected chi connectivity index (χ3v) is 6.13. The van der Waals surface area contributed by atoms with Crippen LogP contribution in [0.15, 0.2) is 11.4 Å². The average Bonchev–Trinajstić information content (AvgIpc) is 2.91. The Kier molecular flexibility index (Phi) is 4.64. The van der Waals surface area contributed by atoms with Crippen molar-refractivity contribution in [2.24, 2.45) is 0 Å². The molecule has 0 amide bonds. The largest absolute Gasteiger partial charge is 0.480 e. The molecule has 0 fully saturated rings. The summed E-state index contributed by atoms with van der Waals surface area (Å²) in [6.07, 6.45) is 0.187. The van der Waals surface area contributed by atoms with E-state index in [1.807, 2.05) is 0 Å². The number of fused-ring (bicyclic) bond motifs is 1. The summed E-state index contributed by atoms with van der Waals surface area (Å²) in [4.78, 5) is 23.5. The predicted molar refractivity (Wildman–Crippen MR) is 75.5 cm³/mol. The summed E-state index contributed by atoms with van der Waals surface area (Å²) in [6.45, 7) is 0.105. The highest BCUT2D eigenvalue weighted by Crippen LogP contribution is 2.35. The van der Waals surface area contributed by atoms with Crippen LogP contribution in [0.25, 0.3) is 0 Å². The lowest BCUT2D eigenvalue weighted by Crippen LogP contribution is -2.44. The fraction of sp³-hybridized carbons (Fsp3) is 0.500. The zero-order valence-corrected chi connectivity index (χ0v) is 12.9. The van der Waals surface area contributed by atoms with Gasteiger partial charge in [-0.05, 0) is 23.4 Å². The first-order valence-corrected chi connectivity index (χ1v) is 8.71. The first kappa shape index (κ1) is 15.9. The summed E-state index contributed by atoms with van der Waals surface area (Å²) >= 11 is 1.42. The van der Waals surface area contributed by atoms with E-state index in [-0.39, 0.29) is 13.0 Å². The van der Waals surface area contributed by atoms with Crippen molar-refractivity contribution in [2.45, 2.75) is 18.9 Å². The van der Waals surface area contributed by atoms with Gasteiger partial charge in [-0.3, -0.25) is 9.59 Å². The lowest BCUT2D eigenvalue weighted by atomic mass is 10.0. The zero-order valence-electron chi connectivity index (χ0n) is 11.3. The maximum atomic E-state index is 12.3. The molecule has 0 bridgehead atoms. The van der Waals surface area contributed by atoms with E-state index in [0.717, 1.165) is 9.18 Å². The Morgan fingerprint density at radius 2 is 2.24 bits per heavy atom. The fourth-order valence-electron chi connectivity index (χ4n) is 2.28. The fourth-order valence-corrected chi connectivity index (χ4v) is 4.74. The van der Waals surface area contributed by atoms with Crippen molar-refractivity contribution in [3.63, 3.8) is 0 Å². The third kappa shape index (κ3) is 3.25. The summed E-state index contributed by atoms with van der Waals surface area (Å²) in [5, 5.41) is 11.1. The molecule has 0 radical (unpaired) electrons. The topological polar surface area (TPSA) is 101 Å². The Morgan fingerprint density at radius 3 is 2.86 bits per heavy atom. The molecule has 1 unspecified atom stereocenters. The van der Waals surface area contributed by atoms with Gasteiger partial charge in [-0.1, -0.05) is 0 Å². The first-order valence-electron chi connectivity index (χ1n) is 6.22. The maximum absolute atomic E-state index is 12.3. The molecular weight excluding hydrogens is 318 g/mol. The summed E-state index contributed by atoms with van der Waals surface area (Å²) < 4.78 is 30.0. The quantitative estimate of drug-likeness (QED) is 0.793. The number of nitrogens with zero attached hydrogens (tertiary/aromatic N) is 1. The van der Waals surface area contributed by atoms with Crippen molar-refractivity contribution < 1.29 is 27.9 Å². The molecule has 9 heteroatoms. The van der Waals surface area contributed by atoms with Crippen LogP contribution >= 0.6 is 11.3 Å². The van der Waals surface area contributed by atoms with Gasteiger partial charge < -0.3 is 9.84 Å². The van der Waals surface area contributed by atoms with E-state index in [4.69, 9.17) is 0 Å². The third-order valence-electron chi connectivity index (χ3n) is 3.30. The molecule has 0 spiro atoms. The van der Waals surface area contributed by atoms with E-state index in [9.17, 15) is 23.1 Å². The molecule has 0 saturated heterocycles. The van der Waals surface area contributed by atoms with Crippen LogP contribution in [0.1, 0.15) is 22.9 Å². The molecule has 2 rings (SSSR count). The average molecular weight is 333 g/mol. The summed E-state index contributed by atoms with van der Waals surface area (Å²) in [5.41, 5.74) is 0.514. The van der Waals surface area contributed by atoms with Crippen LogP contribution in [0.4, 0.5) is 0 Å². The van der Waals surface area contributed by atoms with Crippen LogP contribution in [-0.2, 0) is 30.8 Å². The molecule has 0 aliphatic carbocycles. The highest BCUT2D eigenvalue weighted by atomic mass is 32.2. The maximum Gasteiger partial charge on any atom is 0.326 e. The summed E-state index contributed by atoms with van der Waals surface area (Å²) in [7, 11) is -2.67. The number of carboxylic acid groups (broad SMARTS) is 1. The van der Waals surface area contributed by atoms with Gasteiger partial charge in [0.25, 0.3) is 0 Å². The van der Waals surface area contributed by atoms with Gasteiger partial charge in [-0.2, -0.15) is 4.31 Å². The molecule has 1 atom stereocenters. The number of sulfonamides is 1. The van der Waals surface area contributed by atoms with Crippen LogP contribution in [0.3, 0.4) is 0 Å². The summed E-state index contributed by atoms with van der Waals surface area (Å²) in [6, 6.07) is 0.420. The minimum Gasteiger partial charge on any atom is -0.480 e. The van der Waals surface area contributed by atoms with Gasteiger partial charge in [0, 0.05) is 11.4 Å². The zero-order chi connectivity index (χ0) is 15.6. The second-order valence-corrected chi connectivity index (χ2v) is 7.58. The first-order chi connectivity index (χ1) is 9.86. The Bertz CT molecular complexity index is 650. The molecule has 7 nitrogen and oxygen atoms in total. The van der Waals surface area contributed by atoms with Crippen LogP contribution in [0.5, 0.6) is 0 Å². The van der Waals surface area contributed by atoms with Crippen molar-refractivity contribution >= 4 is 33.3 Å². The molecule has 1 aromatic heterocycles. The van der Waals surface area contributed by atoms with Gasteiger partial charge in [-0.15, -0.1) is 11.3 Å². The molecule has 1 aliphatic heterocycles. The minimum absolute atomic E-state index is 0.105. The Morgan fingerprint density at radius 1 is 1.52 bits per heavy atom. The van der Waals surface area contributed by atoms with Crippen LogP contribution in [-0.4, -0.2) is 49.2 Å². The Balaban J connectivity index is 2.26. The molecule has 2 heterocycles. The van der Waals surface area contributed by atoms with Gasteiger partial charge in [-0.25, -0.2) is 8.42 Å². The smallest absolute Gasteiger partial charge is 0.326 e. The van der Waals surface area contributed by atoms with Crippen LogP contribution in [0.2, 0.25) is 0 Å². The molecule has 0 aromatic carbocycles. The second-order valence-electron chi connectivity index (χ2n) is 4.54. The number of ether oxygens (including phenoxy) is 1. The number of methoxy groups -OCH3 is 1. The second kappa shape index (κ2) is 6.12. The number of thiophene rings is 1. The Labute approximate surface area is 126 Å². The van der Waals surface area contributed by atoms with E-state index < -0.39 is 33.8 Å². The number of carboxylic acids is 1. The number of hydrogen-bond donors (Lipinski definition) is 1.